The van der Waals surface area contributed by atoms with Gasteiger partial charge in [-0.2, -0.15) is 0 Å². The molecule has 1 fully saturated rings. The maximum atomic E-state index is 12.5. The SMILES string of the molecule is O=C(OC1CCN(CCO)C1)c1ccc2nc(-c3cc(Cl)cc(Cl)c3)oc2c1. The Kier molecular flexibility index (Phi) is 5.55. The molecule has 0 spiro atoms. The summed E-state index contributed by atoms with van der Waals surface area (Å²) in [4.78, 5) is 19.0. The fraction of sp³-hybridized carbons (Fsp3) is 0.300. The number of aromatic nitrogens is 1. The average molecular weight is 421 g/mol. The number of β-amino-alcohol motifs (C(OH)–C–C–N with tert-alkyl or cyclic N) is 1. The molecular weight excluding hydrogens is 403 g/mol. The molecule has 0 aliphatic carbocycles. The van der Waals surface area contributed by atoms with Crippen molar-refractivity contribution in [2.75, 3.05) is 26.2 Å². The van der Waals surface area contributed by atoms with Crippen LogP contribution in [-0.4, -0.2) is 53.3 Å². The smallest absolute Gasteiger partial charge is 0.338 e. The largest absolute Gasteiger partial charge is 0.457 e. The zero-order chi connectivity index (χ0) is 19.7. The molecule has 2 heterocycles. The fourth-order valence-electron chi connectivity index (χ4n) is 3.31. The second kappa shape index (κ2) is 8.09. The molecule has 8 heteroatoms. The number of hydrogen-bond donors (Lipinski definition) is 1. The topological polar surface area (TPSA) is 75.8 Å². The Morgan fingerprint density at radius 2 is 2.04 bits per heavy atom. The lowest BCUT2D eigenvalue weighted by Gasteiger charge is -2.14. The second-order valence-electron chi connectivity index (χ2n) is 6.70. The first-order chi connectivity index (χ1) is 13.5. The number of benzene rings is 2. The molecule has 6 nitrogen and oxygen atoms in total. The van der Waals surface area contributed by atoms with Crippen LogP contribution < -0.4 is 0 Å². The minimum atomic E-state index is -0.401. The third kappa shape index (κ3) is 4.15. The monoisotopic (exact) mass is 420 g/mol. The number of fused-ring (bicyclic) bond motifs is 1. The summed E-state index contributed by atoms with van der Waals surface area (Å²) in [5, 5.41) is 9.98. The lowest BCUT2D eigenvalue weighted by Crippen LogP contribution is -2.27. The van der Waals surface area contributed by atoms with Crippen molar-refractivity contribution in [3.63, 3.8) is 0 Å². The number of aliphatic hydroxyl groups excluding tert-OH is 1. The molecule has 1 unspecified atom stereocenters. The molecule has 3 aromatic rings. The number of aliphatic hydroxyl groups is 1. The van der Waals surface area contributed by atoms with Gasteiger partial charge in [-0.15, -0.1) is 0 Å². The van der Waals surface area contributed by atoms with Gasteiger partial charge in [0.25, 0.3) is 0 Å². The second-order valence-corrected chi connectivity index (χ2v) is 7.57. The van der Waals surface area contributed by atoms with Gasteiger partial charge in [0.05, 0.1) is 12.2 Å². The number of rotatable bonds is 5. The van der Waals surface area contributed by atoms with E-state index in [2.05, 4.69) is 9.88 Å². The van der Waals surface area contributed by atoms with Gasteiger partial charge in [0, 0.05) is 35.2 Å². The van der Waals surface area contributed by atoms with E-state index >= 15 is 0 Å². The van der Waals surface area contributed by atoms with E-state index in [-0.39, 0.29) is 12.7 Å². The van der Waals surface area contributed by atoms with Gasteiger partial charge < -0.3 is 14.3 Å². The average Bonchev–Trinajstić information content (AvgIpc) is 3.27. The summed E-state index contributed by atoms with van der Waals surface area (Å²) < 4.78 is 11.4. The number of oxazole rings is 1. The standard InChI is InChI=1S/C20H18Cl2N2O4/c21-14-7-13(8-15(22)10-14)19-23-17-2-1-12(9-18(17)28-19)20(26)27-16-3-4-24(11-16)5-6-25/h1-2,7-10,16,25H,3-6,11H2. The molecule has 1 aromatic heterocycles. The van der Waals surface area contributed by atoms with Crippen LogP contribution in [0.25, 0.3) is 22.6 Å². The Morgan fingerprint density at radius 3 is 2.79 bits per heavy atom. The van der Waals surface area contributed by atoms with Crippen molar-refractivity contribution in [1.29, 1.82) is 0 Å². The van der Waals surface area contributed by atoms with Crippen molar-refractivity contribution in [1.82, 2.24) is 9.88 Å². The van der Waals surface area contributed by atoms with E-state index in [0.29, 0.717) is 51.3 Å². The molecule has 146 valence electrons. The van der Waals surface area contributed by atoms with E-state index in [1.807, 2.05) is 0 Å². The van der Waals surface area contributed by atoms with Gasteiger partial charge in [-0.3, -0.25) is 4.90 Å². The molecule has 1 N–H and O–H groups in total. The molecule has 1 aliphatic rings. The van der Waals surface area contributed by atoms with Gasteiger partial charge in [0.15, 0.2) is 5.58 Å². The predicted molar refractivity (Wildman–Crippen MR) is 107 cm³/mol. The molecule has 1 aliphatic heterocycles. The van der Waals surface area contributed by atoms with Crippen molar-refractivity contribution >= 4 is 40.3 Å². The number of halogens is 2. The lowest BCUT2D eigenvalue weighted by atomic mass is 10.2. The number of carbonyl (C=O) groups excluding carboxylic acids is 1. The maximum Gasteiger partial charge on any atom is 0.338 e. The van der Waals surface area contributed by atoms with E-state index in [4.69, 9.17) is 37.5 Å². The fourth-order valence-corrected chi connectivity index (χ4v) is 3.84. The first-order valence-electron chi connectivity index (χ1n) is 8.93. The number of ether oxygens (including phenoxy) is 1. The summed E-state index contributed by atoms with van der Waals surface area (Å²) in [7, 11) is 0. The third-order valence-corrected chi connectivity index (χ3v) is 5.09. The molecule has 2 aromatic carbocycles. The van der Waals surface area contributed by atoms with Crippen molar-refractivity contribution < 1.29 is 19.1 Å². The number of carbonyl (C=O) groups is 1. The highest BCUT2D eigenvalue weighted by Gasteiger charge is 2.26. The van der Waals surface area contributed by atoms with Crippen molar-refractivity contribution in [3.8, 4) is 11.5 Å². The van der Waals surface area contributed by atoms with E-state index in [1.54, 1.807) is 36.4 Å². The summed E-state index contributed by atoms with van der Waals surface area (Å²) in [6, 6.07) is 10.1. The van der Waals surface area contributed by atoms with E-state index in [1.165, 1.54) is 0 Å². The molecule has 0 radical (unpaired) electrons. The van der Waals surface area contributed by atoms with E-state index in [9.17, 15) is 4.79 Å². The van der Waals surface area contributed by atoms with Gasteiger partial charge in [-0.1, -0.05) is 23.2 Å². The lowest BCUT2D eigenvalue weighted by molar-refractivity contribution is 0.0319. The first-order valence-corrected chi connectivity index (χ1v) is 9.68. The first kappa shape index (κ1) is 19.2. The molecule has 1 atom stereocenters. The summed E-state index contributed by atoms with van der Waals surface area (Å²) >= 11 is 12.1. The van der Waals surface area contributed by atoms with Gasteiger partial charge in [0.1, 0.15) is 11.6 Å². The van der Waals surface area contributed by atoms with Gasteiger partial charge in [0.2, 0.25) is 5.89 Å². The molecule has 4 rings (SSSR count). The Labute approximate surface area is 171 Å². The van der Waals surface area contributed by atoms with Crippen LogP contribution >= 0.6 is 23.2 Å². The Morgan fingerprint density at radius 1 is 1.25 bits per heavy atom. The van der Waals surface area contributed by atoms with Gasteiger partial charge >= 0.3 is 5.97 Å². The Balaban J connectivity index is 1.52. The normalized spacial score (nSPS) is 17.3. The van der Waals surface area contributed by atoms with Crippen LogP contribution in [0.15, 0.2) is 40.8 Å². The third-order valence-electron chi connectivity index (χ3n) is 4.65. The van der Waals surface area contributed by atoms with Crippen LogP contribution in [0.4, 0.5) is 0 Å². The molecule has 28 heavy (non-hydrogen) atoms. The molecule has 0 amide bonds. The van der Waals surface area contributed by atoms with E-state index < -0.39 is 5.97 Å². The Hall–Kier alpha value is -2.12. The quantitative estimate of drug-likeness (QED) is 0.628. The summed E-state index contributed by atoms with van der Waals surface area (Å²) in [6.07, 6.45) is 0.587. The summed E-state index contributed by atoms with van der Waals surface area (Å²) in [6.45, 7) is 2.14. The van der Waals surface area contributed by atoms with E-state index in [0.717, 1.165) is 13.0 Å². The van der Waals surface area contributed by atoms with Crippen LogP contribution in [-0.2, 0) is 4.74 Å². The van der Waals surface area contributed by atoms with Crippen LogP contribution in [0.2, 0.25) is 10.0 Å². The number of likely N-dealkylation sites (tertiary alicyclic amines) is 1. The molecule has 0 saturated carbocycles. The van der Waals surface area contributed by atoms with Crippen LogP contribution in [0.3, 0.4) is 0 Å². The molecule has 1 saturated heterocycles. The summed E-state index contributed by atoms with van der Waals surface area (Å²) in [5.74, 6) is -0.0261. The number of hydrogen-bond acceptors (Lipinski definition) is 6. The van der Waals surface area contributed by atoms with Crippen molar-refractivity contribution in [2.24, 2.45) is 0 Å². The zero-order valence-corrected chi connectivity index (χ0v) is 16.4. The maximum absolute atomic E-state index is 12.5. The van der Waals surface area contributed by atoms with Crippen molar-refractivity contribution in [2.45, 2.75) is 12.5 Å². The van der Waals surface area contributed by atoms with Crippen molar-refractivity contribution in [3.05, 3.63) is 52.0 Å². The highest BCUT2D eigenvalue weighted by molar-refractivity contribution is 6.35. The van der Waals surface area contributed by atoms with Crippen LogP contribution in [0.1, 0.15) is 16.8 Å². The predicted octanol–water partition coefficient (Wildman–Crippen LogP) is 4.03. The minimum Gasteiger partial charge on any atom is -0.457 e. The van der Waals surface area contributed by atoms with Gasteiger partial charge in [-0.25, -0.2) is 9.78 Å². The summed E-state index contributed by atoms with van der Waals surface area (Å²) in [5.41, 5.74) is 2.17. The molecular formula is C20H18Cl2N2O4. The van der Waals surface area contributed by atoms with Crippen LogP contribution in [0, 0.1) is 0 Å². The van der Waals surface area contributed by atoms with Gasteiger partial charge in [-0.05, 0) is 42.8 Å². The highest BCUT2D eigenvalue weighted by Crippen LogP contribution is 2.29. The Bertz CT molecular complexity index is 1000. The minimum absolute atomic E-state index is 0.100. The van der Waals surface area contributed by atoms with Crippen LogP contribution in [0.5, 0.6) is 0 Å². The zero-order valence-electron chi connectivity index (χ0n) is 14.9. The number of esters is 1. The highest BCUT2D eigenvalue weighted by atomic mass is 35.5. The molecule has 0 bridgehead atoms. The number of nitrogens with zero attached hydrogens (tertiary/aromatic N) is 2.